The molecule has 1 amide bonds. The highest BCUT2D eigenvalue weighted by Gasteiger charge is 2.53. The Balaban J connectivity index is 1.53. The average molecular weight is 339 g/mol. The fraction of sp³-hybridized carbons (Fsp3) is 0.474. The first-order valence-electron chi connectivity index (χ1n) is 8.83. The number of benzene rings is 1. The van der Waals surface area contributed by atoms with Crippen LogP contribution in [0, 0.1) is 11.8 Å². The number of carbonyl (C=O) groups is 1. The zero-order chi connectivity index (χ0) is 16.3. The summed E-state index contributed by atoms with van der Waals surface area (Å²) in [5.41, 5.74) is 7.70. The van der Waals surface area contributed by atoms with E-state index >= 15 is 0 Å². The number of carbonyl (C=O) groups excluding carboxylic acids is 1. The summed E-state index contributed by atoms with van der Waals surface area (Å²) in [6, 6.07) is 10.4. The lowest BCUT2D eigenvalue weighted by atomic mass is 10.1. The molecular formula is C19H21N3OS. The molecule has 2 aliphatic carbocycles. The lowest BCUT2D eigenvalue weighted by molar-refractivity contribution is 0.0707. The second kappa shape index (κ2) is 5.39. The molecule has 1 aromatic heterocycles. The molecular weight excluding hydrogens is 318 g/mol. The molecule has 1 aromatic carbocycles. The second-order valence-corrected chi connectivity index (χ2v) is 8.32. The first kappa shape index (κ1) is 14.6. The summed E-state index contributed by atoms with van der Waals surface area (Å²) in [5, 5.41) is 1.13. The summed E-state index contributed by atoms with van der Waals surface area (Å²) >= 11 is 1.70. The third-order valence-corrected chi connectivity index (χ3v) is 6.88. The highest BCUT2D eigenvalue weighted by atomic mass is 32.1. The lowest BCUT2D eigenvalue weighted by Gasteiger charge is -2.26. The quantitative estimate of drug-likeness (QED) is 0.931. The van der Waals surface area contributed by atoms with Gasteiger partial charge in [0.15, 0.2) is 0 Å². The molecule has 2 heterocycles. The number of aromatic nitrogens is 1. The molecule has 1 aliphatic heterocycles. The second-order valence-electron chi connectivity index (χ2n) is 7.29. The molecule has 0 spiro atoms. The Labute approximate surface area is 145 Å². The number of hydrogen-bond acceptors (Lipinski definition) is 4. The van der Waals surface area contributed by atoms with Gasteiger partial charge in [-0.3, -0.25) is 4.79 Å². The zero-order valence-corrected chi connectivity index (χ0v) is 14.3. The molecule has 3 fully saturated rings. The highest BCUT2D eigenvalue weighted by molar-refractivity contribution is 7.15. The van der Waals surface area contributed by atoms with E-state index in [9.17, 15) is 4.79 Å². The first-order valence-corrected chi connectivity index (χ1v) is 9.65. The Kier molecular flexibility index (Phi) is 3.28. The van der Waals surface area contributed by atoms with Crippen LogP contribution in [0.3, 0.4) is 0 Å². The molecule has 0 unspecified atom stereocenters. The number of likely N-dealkylation sites (tertiary alicyclic amines) is 1. The van der Waals surface area contributed by atoms with Crippen LogP contribution >= 0.6 is 11.3 Å². The van der Waals surface area contributed by atoms with Gasteiger partial charge in [0.05, 0.1) is 9.88 Å². The van der Waals surface area contributed by atoms with E-state index in [1.54, 1.807) is 11.3 Å². The van der Waals surface area contributed by atoms with Crippen LogP contribution in [0.5, 0.6) is 0 Å². The van der Waals surface area contributed by atoms with Crippen molar-refractivity contribution < 1.29 is 4.79 Å². The Morgan fingerprint density at radius 1 is 1.29 bits per heavy atom. The highest BCUT2D eigenvalue weighted by Crippen LogP contribution is 2.50. The van der Waals surface area contributed by atoms with Crippen molar-refractivity contribution in [2.45, 2.75) is 31.2 Å². The van der Waals surface area contributed by atoms with Crippen LogP contribution in [0.25, 0.3) is 10.4 Å². The molecule has 3 aliphatic rings. The Morgan fingerprint density at radius 3 is 2.79 bits per heavy atom. The molecule has 1 saturated heterocycles. The summed E-state index contributed by atoms with van der Waals surface area (Å²) in [5.74, 6) is 1.95. The average Bonchev–Trinajstić information content (AvgIpc) is 3.54. The predicted molar refractivity (Wildman–Crippen MR) is 95.0 cm³/mol. The van der Waals surface area contributed by atoms with Crippen LogP contribution in [0.1, 0.15) is 40.7 Å². The van der Waals surface area contributed by atoms with Crippen molar-refractivity contribution in [3.8, 4) is 10.4 Å². The molecule has 0 bridgehead atoms. The van der Waals surface area contributed by atoms with Crippen molar-refractivity contribution in [1.29, 1.82) is 0 Å². The van der Waals surface area contributed by atoms with Crippen LogP contribution < -0.4 is 5.73 Å². The summed E-state index contributed by atoms with van der Waals surface area (Å²) in [6.45, 7) is 1.42. The third kappa shape index (κ3) is 2.30. The van der Waals surface area contributed by atoms with Gasteiger partial charge >= 0.3 is 0 Å². The first-order chi connectivity index (χ1) is 11.8. The van der Waals surface area contributed by atoms with Crippen molar-refractivity contribution in [1.82, 2.24) is 9.88 Å². The van der Waals surface area contributed by atoms with E-state index in [-0.39, 0.29) is 11.9 Å². The van der Waals surface area contributed by atoms with Gasteiger partial charge in [0.2, 0.25) is 0 Å². The maximum Gasteiger partial charge on any atom is 0.274 e. The topological polar surface area (TPSA) is 59.2 Å². The summed E-state index contributed by atoms with van der Waals surface area (Å²) in [6.07, 6.45) is 3.64. The Bertz CT molecular complexity index is 783. The minimum Gasteiger partial charge on any atom is -0.332 e. The molecule has 5 rings (SSSR count). The molecule has 2 N–H and O–H groups in total. The number of piperidine rings is 1. The minimum atomic E-state index is 0.0830. The fourth-order valence-electron chi connectivity index (χ4n) is 4.01. The van der Waals surface area contributed by atoms with E-state index < -0.39 is 0 Å². The summed E-state index contributed by atoms with van der Waals surface area (Å²) in [7, 11) is 0. The Morgan fingerprint density at radius 2 is 2.08 bits per heavy atom. The number of thiazole rings is 1. The van der Waals surface area contributed by atoms with Gasteiger partial charge in [-0.1, -0.05) is 30.3 Å². The van der Waals surface area contributed by atoms with Crippen LogP contribution in [0.15, 0.2) is 30.3 Å². The van der Waals surface area contributed by atoms with Crippen LogP contribution in [-0.2, 0) is 0 Å². The largest absolute Gasteiger partial charge is 0.332 e. The van der Waals surface area contributed by atoms with Gasteiger partial charge in [0.25, 0.3) is 5.91 Å². The minimum absolute atomic E-state index is 0.0830. The van der Waals surface area contributed by atoms with Gasteiger partial charge in [-0.25, -0.2) is 4.98 Å². The normalized spacial score (nSPS) is 28.0. The zero-order valence-electron chi connectivity index (χ0n) is 13.5. The van der Waals surface area contributed by atoms with E-state index in [0.29, 0.717) is 30.0 Å². The van der Waals surface area contributed by atoms with E-state index in [1.807, 2.05) is 23.1 Å². The molecule has 0 radical (unpaired) electrons. The van der Waals surface area contributed by atoms with Crippen LogP contribution in [0.4, 0.5) is 0 Å². The van der Waals surface area contributed by atoms with Gasteiger partial charge in [0, 0.05) is 25.0 Å². The fourth-order valence-corrected chi connectivity index (χ4v) is 5.25. The number of nitrogens with zero attached hydrogens (tertiary/aromatic N) is 2. The molecule has 4 nitrogen and oxygen atoms in total. The van der Waals surface area contributed by atoms with Gasteiger partial charge < -0.3 is 10.6 Å². The van der Waals surface area contributed by atoms with E-state index in [0.717, 1.165) is 22.0 Å². The summed E-state index contributed by atoms with van der Waals surface area (Å²) < 4.78 is 0. The number of fused-ring (bicyclic) bond motifs is 1. The lowest BCUT2D eigenvalue weighted by Crippen LogP contribution is -2.43. The molecule has 2 saturated carbocycles. The van der Waals surface area contributed by atoms with E-state index in [1.165, 1.54) is 19.3 Å². The van der Waals surface area contributed by atoms with Crippen molar-refractivity contribution in [2.24, 2.45) is 17.6 Å². The number of rotatable bonds is 4. The number of hydrogen-bond donors (Lipinski definition) is 1. The van der Waals surface area contributed by atoms with E-state index in [4.69, 9.17) is 10.7 Å². The maximum absolute atomic E-state index is 13.2. The standard InChI is InChI=1S/C19H21N3OS/c20-9-15-14-8-13(14)10-22(15)19(23)16-17(11-4-2-1-3-5-11)24-18(21-16)12-6-7-12/h1-5,12-15H,6-10,20H2/t13-,14-,15+/m0/s1. The van der Waals surface area contributed by atoms with Crippen molar-refractivity contribution in [3.63, 3.8) is 0 Å². The summed E-state index contributed by atoms with van der Waals surface area (Å²) in [4.78, 5) is 21.1. The smallest absolute Gasteiger partial charge is 0.274 e. The van der Waals surface area contributed by atoms with E-state index in [2.05, 4.69) is 12.1 Å². The third-order valence-electron chi connectivity index (χ3n) is 5.61. The molecule has 2 aromatic rings. The van der Waals surface area contributed by atoms with Gasteiger partial charge in [-0.2, -0.15) is 0 Å². The number of amides is 1. The molecule has 3 atom stereocenters. The number of nitrogens with two attached hydrogens (primary N) is 1. The SMILES string of the molecule is NC[C@@H]1[C@H]2C[C@H]2CN1C(=O)c1nc(C2CC2)sc1-c1ccccc1. The monoisotopic (exact) mass is 339 g/mol. The van der Waals surface area contributed by atoms with Crippen molar-refractivity contribution >= 4 is 17.2 Å². The van der Waals surface area contributed by atoms with Crippen molar-refractivity contribution in [3.05, 3.63) is 41.0 Å². The predicted octanol–water partition coefficient (Wildman–Crippen LogP) is 3.11. The van der Waals surface area contributed by atoms with Gasteiger partial charge in [-0.05, 0) is 36.7 Å². The Hall–Kier alpha value is -1.72. The van der Waals surface area contributed by atoms with Gasteiger partial charge in [-0.15, -0.1) is 11.3 Å². The van der Waals surface area contributed by atoms with Crippen LogP contribution in [0.2, 0.25) is 0 Å². The molecule has 24 heavy (non-hydrogen) atoms. The molecule has 5 heteroatoms. The van der Waals surface area contributed by atoms with Crippen molar-refractivity contribution in [2.75, 3.05) is 13.1 Å². The maximum atomic E-state index is 13.2. The molecule has 124 valence electrons. The van der Waals surface area contributed by atoms with Gasteiger partial charge in [0.1, 0.15) is 5.69 Å². The van der Waals surface area contributed by atoms with Crippen LogP contribution in [-0.4, -0.2) is 34.9 Å².